The second-order valence-electron chi connectivity index (χ2n) is 3.78. The van der Waals surface area contributed by atoms with E-state index >= 15 is 0 Å². The molecule has 0 spiro atoms. The lowest BCUT2D eigenvalue weighted by Crippen LogP contribution is -2.24. The van der Waals surface area contributed by atoms with Gasteiger partial charge in [0.15, 0.2) is 0 Å². The first-order valence-electron chi connectivity index (χ1n) is 3.86. The van der Waals surface area contributed by atoms with E-state index in [1.54, 1.807) is 20.8 Å². The average molecular weight is 192 g/mol. The number of hydrogen-bond donors (Lipinski definition) is 0. The molecule has 74 valence electrons. The Morgan fingerprint density at radius 1 is 1.38 bits per heavy atom. The van der Waals surface area contributed by atoms with Crippen molar-refractivity contribution < 1.29 is 13.2 Å². The molecule has 0 bridgehead atoms. The van der Waals surface area contributed by atoms with Crippen LogP contribution in [0, 0.1) is 5.95 Å². The molecule has 1 aromatic heterocycles. The zero-order valence-corrected chi connectivity index (χ0v) is 7.68. The van der Waals surface area contributed by atoms with Crippen LogP contribution in [-0.4, -0.2) is 9.78 Å². The highest BCUT2D eigenvalue weighted by molar-refractivity contribution is 5.03. The summed E-state index contributed by atoms with van der Waals surface area (Å²) in [5.74, 6) is -0.734. The summed E-state index contributed by atoms with van der Waals surface area (Å²) >= 11 is 0. The van der Waals surface area contributed by atoms with Crippen LogP contribution in [0.15, 0.2) is 6.07 Å². The maximum absolute atomic E-state index is 13.0. The van der Waals surface area contributed by atoms with Gasteiger partial charge in [0.25, 0.3) is 6.43 Å². The van der Waals surface area contributed by atoms with Crippen LogP contribution in [0.25, 0.3) is 0 Å². The van der Waals surface area contributed by atoms with Crippen LogP contribution >= 0.6 is 0 Å². The summed E-state index contributed by atoms with van der Waals surface area (Å²) < 4.78 is 38.2. The summed E-state index contributed by atoms with van der Waals surface area (Å²) in [5.41, 5.74) is -1.13. The second kappa shape index (κ2) is 3.05. The fraction of sp³-hybridized carbons (Fsp3) is 0.625. The highest BCUT2D eigenvalue weighted by atomic mass is 19.3. The molecule has 0 fully saturated rings. The van der Waals surface area contributed by atoms with Gasteiger partial charge in [-0.05, 0) is 20.8 Å². The summed E-state index contributed by atoms with van der Waals surface area (Å²) in [7, 11) is 0. The third-order valence-electron chi connectivity index (χ3n) is 1.54. The summed E-state index contributed by atoms with van der Waals surface area (Å²) in [5, 5.41) is 3.47. The third kappa shape index (κ3) is 2.02. The molecule has 0 aliphatic rings. The van der Waals surface area contributed by atoms with Gasteiger partial charge >= 0.3 is 0 Å². The van der Waals surface area contributed by atoms with E-state index in [2.05, 4.69) is 5.10 Å². The molecule has 1 aromatic rings. The minimum Gasteiger partial charge on any atom is -0.234 e. The standard InChI is InChI=1S/C8H11F3N2/c1-8(2,3)13-6(9)4-5(12-13)7(10)11/h4,7H,1-3H3. The molecule has 2 nitrogen and oxygen atoms in total. The molecule has 0 aliphatic carbocycles. The van der Waals surface area contributed by atoms with E-state index in [-0.39, 0.29) is 0 Å². The summed E-state index contributed by atoms with van der Waals surface area (Å²) in [6, 6.07) is 0.760. The molecule has 0 saturated carbocycles. The van der Waals surface area contributed by atoms with Gasteiger partial charge in [0.05, 0.1) is 5.54 Å². The van der Waals surface area contributed by atoms with Gasteiger partial charge < -0.3 is 0 Å². The fourth-order valence-electron chi connectivity index (χ4n) is 0.952. The van der Waals surface area contributed by atoms with Crippen LogP contribution < -0.4 is 0 Å². The third-order valence-corrected chi connectivity index (χ3v) is 1.54. The van der Waals surface area contributed by atoms with E-state index in [4.69, 9.17) is 0 Å². The zero-order valence-electron chi connectivity index (χ0n) is 7.68. The van der Waals surface area contributed by atoms with Crippen molar-refractivity contribution in [1.29, 1.82) is 0 Å². The topological polar surface area (TPSA) is 17.8 Å². The Morgan fingerprint density at radius 3 is 2.15 bits per heavy atom. The molecular weight excluding hydrogens is 181 g/mol. The molecule has 0 N–H and O–H groups in total. The number of hydrogen-bond acceptors (Lipinski definition) is 1. The van der Waals surface area contributed by atoms with Crippen LogP contribution in [-0.2, 0) is 5.54 Å². The van der Waals surface area contributed by atoms with E-state index in [1.807, 2.05) is 0 Å². The van der Waals surface area contributed by atoms with Crippen LogP contribution in [0.4, 0.5) is 13.2 Å². The van der Waals surface area contributed by atoms with Crippen molar-refractivity contribution >= 4 is 0 Å². The smallest absolute Gasteiger partial charge is 0.234 e. The summed E-state index contributed by atoms with van der Waals surface area (Å²) in [6.45, 7) is 5.08. The Kier molecular flexibility index (Phi) is 2.36. The minimum atomic E-state index is -2.72. The SMILES string of the molecule is CC(C)(C)n1nc(C(F)F)cc1F. The van der Waals surface area contributed by atoms with E-state index in [0.29, 0.717) is 0 Å². The van der Waals surface area contributed by atoms with Gasteiger partial charge in [0.2, 0.25) is 5.95 Å². The Balaban J connectivity index is 3.11. The largest absolute Gasteiger partial charge is 0.282 e. The molecule has 1 heterocycles. The first-order chi connectivity index (χ1) is 5.82. The van der Waals surface area contributed by atoms with E-state index in [1.165, 1.54) is 0 Å². The number of rotatable bonds is 1. The van der Waals surface area contributed by atoms with Crippen molar-refractivity contribution in [3.63, 3.8) is 0 Å². The highest BCUT2D eigenvalue weighted by Gasteiger charge is 2.22. The molecule has 0 aromatic carbocycles. The normalized spacial score (nSPS) is 12.5. The zero-order chi connectivity index (χ0) is 10.2. The monoisotopic (exact) mass is 192 g/mol. The van der Waals surface area contributed by atoms with E-state index in [9.17, 15) is 13.2 Å². The quantitative estimate of drug-likeness (QED) is 0.668. The maximum atomic E-state index is 13.0. The highest BCUT2D eigenvalue weighted by Crippen LogP contribution is 2.22. The van der Waals surface area contributed by atoms with Gasteiger partial charge in [0, 0.05) is 6.07 Å². The van der Waals surface area contributed by atoms with Gasteiger partial charge in [-0.15, -0.1) is 0 Å². The summed E-state index contributed by atoms with van der Waals surface area (Å²) in [4.78, 5) is 0. The Hall–Kier alpha value is -1.00. The van der Waals surface area contributed by atoms with E-state index < -0.39 is 23.6 Å². The predicted octanol–water partition coefficient (Wildman–Crippen LogP) is 2.71. The van der Waals surface area contributed by atoms with Crippen LogP contribution in [0.5, 0.6) is 0 Å². The number of halogens is 3. The van der Waals surface area contributed by atoms with Crippen LogP contribution in [0.1, 0.15) is 32.9 Å². The lowest BCUT2D eigenvalue weighted by molar-refractivity contribution is 0.143. The number of aromatic nitrogens is 2. The average Bonchev–Trinajstić information content (AvgIpc) is 2.29. The molecular formula is C8H11F3N2. The second-order valence-corrected chi connectivity index (χ2v) is 3.78. The molecule has 0 aliphatic heterocycles. The van der Waals surface area contributed by atoms with Gasteiger partial charge in [-0.3, -0.25) is 0 Å². The van der Waals surface area contributed by atoms with Crippen molar-refractivity contribution in [3.05, 3.63) is 17.7 Å². The molecule has 1 rings (SSSR count). The summed E-state index contributed by atoms with van der Waals surface area (Å²) in [6.07, 6.45) is -2.72. The molecule has 0 amide bonds. The Morgan fingerprint density at radius 2 is 1.92 bits per heavy atom. The Labute approximate surface area is 74.4 Å². The number of nitrogens with zero attached hydrogens (tertiary/aromatic N) is 2. The first-order valence-corrected chi connectivity index (χ1v) is 3.86. The fourth-order valence-corrected chi connectivity index (χ4v) is 0.952. The van der Waals surface area contributed by atoms with Crippen LogP contribution in [0.2, 0.25) is 0 Å². The molecule has 0 unspecified atom stereocenters. The van der Waals surface area contributed by atoms with Gasteiger partial charge in [-0.2, -0.15) is 9.49 Å². The molecule has 0 radical (unpaired) electrons. The van der Waals surface area contributed by atoms with Crippen molar-refractivity contribution in [2.24, 2.45) is 0 Å². The van der Waals surface area contributed by atoms with Crippen LogP contribution in [0.3, 0.4) is 0 Å². The van der Waals surface area contributed by atoms with E-state index in [0.717, 1.165) is 10.7 Å². The predicted molar refractivity (Wildman–Crippen MR) is 42.1 cm³/mol. The molecule has 0 atom stereocenters. The van der Waals surface area contributed by atoms with Crippen molar-refractivity contribution in [2.45, 2.75) is 32.7 Å². The van der Waals surface area contributed by atoms with Gasteiger partial charge in [-0.25, -0.2) is 13.5 Å². The van der Waals surface area contributed by atoms with Crippen molar-refractivity contribution in [1.82, 2.24) is 9.78 Å². The van der Waals surface area contributed by atoms with Crippen molar-refractivity contribution in [3.8, 4) is 0 Å². The molecule has 13 heavy (non-hydrogen) atoms. The minimum absolute atomic E-state index is 0.521. The maximum Gasteiger partial charge on any atom is 0.282 e. The van der Waals surface area contributed by atoms with Crippen molar-refractivity contribution in [2.75, 3.05) is 0 Å². The number of alkyl halides is 2. The van der Waals surface area contributed by atoms with Gasteiger partial charge in [0.1, 0.15) is 5.69 Å². The molecule has 5 heteroatoms. The van der Waals surface area contributed by atoms with Gasteiger partial charge in [-0.1, -0.05) is 0 Å². The Bertz CT molecular complexity index is 299. The molecule has 0 saturated heterocycles. The lowest BCUT2D eigenvalue weighted by atomic mass is 10.1. The first kappa shape index (κ1) is 10.1. The lowest BCUT2D eigenvalue weighted by Gasteiger charge is -2.19.